The molecule has 0 saturated heterocycles. The first-order valence-electron chi connectivity index (χ1n) is 6.45. The first-order valence-corrected chi connectivity index (χ1v) is 6.45. The Balaban J connectivity index is 1.81. The van der Waals surface area contributed by atoms with Gasteiger partial charge in [-0.2, -0.15) is 0 Å². The van der Waals surface area contributed by atoms with E-state index in [9.17, 15) is 0 Å². The van der Waals surface area contributed by atoms with Crippen LogP contribution in [0, 0.1) is 0 Å². The number of hydrogen-bond donors (Lipinski definition) is 1. The van der Waals surface area contributed by atoms with Crippen LogP contribution in [0.15, 0.2) is 22.7 Å². The zero-order valence-corrected chi connectivity index (χ0v) is 9.78. The maximum Gasteiger partial charge on any atom is 0.167 e. The van der Waals surface area contributed by atoms with Gasteiger partial charge in [-0.3, -0.25) is 0 Å². The second-order valence-corrected chi connectivity index (χ2v) is 5.56. The van der Waals surface area contributed by atoms with Crippen molar-refractivity contribution in [1.82, 2.24) is 5.16 Å². The maximum absolute atomic E-state index is 6.20. The Bertz CT molecular complexity index is 579. The summed E-state index contributed by atoms with van der Waals surface area (Å²) < 4.78 is 5.46. The molecule has 1 aromatic carbocycles. The Morgan fingerprint density at radius 2 is 2.12 bits per heavy atom. The van der Waals surface area contributed by atoms with Crippen molar-refractivity contribution in [2.45, 2.75) is 43.6 Å². The second-order valence-electron chi connectivity index (χ2n) is 5.56. The number of fused-ring (bicyclic) bond motifs is 1. The van der Waals surface area contributed by atoms with Crippen LogP contribution in [-0.2, 0) is 5.54 Å². The summed E-state index contributed by atoms with van der Waals surface area (Å²) >= 11 is 0. The lowest BCUT2D eigenvalue weighted by molar-refractivity contribution is 0.375. The normalized spacial score (nSPS) is 22.6. The quantitative estimate of drug-likeness (QED) is 0.859. The lowest BCUT2D eigenvalue weighted by atomic mass is 9.82. The number of rotatable bonds is 2. The van der Waals surface area contributed by atoms with E-state index < -0.39 is 0 Å². The largest absolute Gasteiger partial charge is 0.356 e. The van der Waals surface area contributed by atoms with Crippen LogP contribution in [0.2, 0.25) is 0 Å². The standard InChI is InChI=1S/C14H16N2O/c15-14(6-7-14)10-4-5-11-12(8-10)17-16-13(11)9-2-1-3-9/h4-5,8-9H,1-3,6-7,15H2. The minimum Gasteiger partial charge on any atom is -0.356 e. The van der Waals surface area contributed by atoms with Crippen LogP contribution >= 0.6 is 0 Å². The smallest absolute Gasteiger partial charge is 0.167 e. The summed E-state index contributed by atoms with van der Waals surface area (Å²) in [6.45, 7) is 0. The molecule has 4 rings (SSSR count). The van der Waals surface area contributed by atoms with Gasteiger partial charge in [-0.25, -0.2) is 0 Å². The number of hydrogen-bond acceptors (Lipinski definition) is 3. The third-order valence-electron chi connectivity index (χ3n) is 4.36. The van der Waals surface area contributed by atoms with E-state index in [1.807, 2.05) is 0 Å². The van der Waals surface area contributed by atoms with Gasteiger partial charge in [0.25, 0.3) is 0 Å². The van der Waals surface area contributed by atoms with Crippen LogP contribution in [0.4, 0.5) is 0 Å². The zero-order chi connectivity index (χ0) is 11.5. The van der Waals surface area contributed by atoms with E-state index in [1.54, 1.807) is 0 Å². The summed E-state index contributed by atoms with van der Waals surface area (Å²) in [7, 11) is 0. The van der Waals surface area contributed by atoms with E-state index in [-0.39, 0.29) is 5.54 Å². The molecule has 2 aliphatic rings. The summed E-state index contributed by atoms with van der Waals surface area (Å²) in [5.41, 5.74) is 9.37. The minimum absolute atomic E-state index is 0.0857. The molecule has 0 bridgehead atoms. The molecule has 2 saturated carbocycles. The summed E-state index contributed by atoms with van der Waals surface area (Å²) in [6.07, 6.45) is 6.00. The van der Waals surface area contributed by atoms with Crippen LogP contribution in [0.3, 0.4) is 0 Å². The predicted molar refractivity (Wildman–Crippen MR) is 65.7 cm³/mol. The van der Waals surface area contributed by atoms with Crippen molar-refractivity contribution in [3.8, 4) is 0 Å². The van der Waals surface area contributed by atoms with Crippen LogP contribution in [-0.4, -0.2) is 5.16 Å². The molecular formula is C14H16N2O. The number of nitrogens with zero attached hydrogens (tertiary/aromatic N) is 1. The van der Waals surface area contributed by atoms with Gasteiger partial charge in [0.15, 0.2) is 5.58 Å². The first kappa shape index (κ1) is 9.66. The maximum atomic E-state index is 6.20. The average Bonchev–Trinajstić information content (AvgIpc) is 2.88. The predicted octanol–water partition coefficient (Wildman–Crippen LogP) is 3.04. The van der Waals surface area contributed by atoms with E-state index in [1.165, 1.54) is 30.2 Å². The molecule has 2 aromatic rings. The SMILES string of the molecule is NC1(c2ccc3c(C4CCC4)noc3c2)CC1. The molecule has 88 valence electrons. The molecule has 0 spiro atoms. The third kappa shape index (κ3) is 1.35. The second kappa shape index (κ2) is 3.10. The summed E-state index contributed by atoms with van der Waals surface area (Å²) in [5, 5.41) is 5.43. The highest BCUT2D eigenvalue weighted by atomic mass is 16.5. The van der Waals surface area contributed by atoms with Crippen molar-refractivity contribution >= 4 is 11.0 Å². The van der Waals surface area contributed by atoms with Crippen molar-refractivity contribution < 1.29 is 4.52 Å². The fourth-order valence-corrected chi connectivity index (χ4v) is 2.67. The molecule has 17 heavy (non-hydrogen) atoms. The van der Waals surface area contributed by atoms with Crippen LogP contribution < -0.4 is 5.73 Å². The van der Waals surface area contributed by atoms with Crippen molar-refractivity contribution in [3.05, 3.63) is 29.5 Å². The highest BCUT2D eigenvalue weighted by molar-refractivity contribution is 5.81. The van der Waals surface area contributed by atoms with Gasteiger partial charge in [-0.1, -0.05) is 17.6 Å². The van der Waals surface area contributed by atoms with Crippen LogP contribution in [0.1, 0.15) is 49.3 Å². The van der Waals surface area contributed by atoms with Gasteiger partial charge in [-0.05, 0) is 43.4 Å². The summed E-state index contributed by atoms with van der Waals surface area (Å²) in [6, 6.07) is 6.37. The van der Waals surface area contributed by atoms with Gasteiger partial charge in [0, 0.05) is 16.8 Å². The van der Waals surface area contributed by atoms with Gasteiger partial charge >= 0.3 is 0 Å². The lowest BCUT2D eigenvalue weighted by Gasteiger charge is -2.22. The molecule has 0 radical (unpaired) electrons. The lowest BCUT2D eigenvalue weighted by Crippen LogP contribution is -2.18. The highest BCUT2D eigenvalue weighted by Gasteiger charge is 2.40. The molecule has 3 heteroatoms. The highest BCUT2D eigenvalue weighted by Crippen LogP contribution is 2.44. The van der Waals surface area contributed by atoms with E-state index >= 15 is 0 Å². The molecule has 3 nitrogen and oxygen atoms in total. The van der Waals surface area contributed by atoms with Gasteiger partial charge < -0.3 is 10.3 Å². The van der Waals surface area contributed by atoms with E-state index in [4.69, 9.17) is 10.3 Å². The molecular weight excluding hydrogens is 212 g/mol. The zero-order valence-electron chi connectivity index (χ0n) is 9.78. The number of benzene rings is 1. The summed E-state index contributed by atoms with van der Waals surface area (Å²) in [4.78, 5) is 0. The van der Waals surface area contributed by atoms with Gasteiger partial charge in [0.05, 0.1) is 5.69 Å². The van der Waals surface area contributed by atoms with Crippen LogP contribution in [0.25, 0.3) is 11.0 Å². The van der Waals surface area contributed by atoms with E-state index in [2.05, 4.69) is 23.4 Å². The number of nitrogens with two attached hydrogens (primary N) is 1. The van der Waals surface area contributed by atoms with Crippen molar-refractivity contribution in [2.75, 3.05) is 0 Å². The molecule has 0 aliphatic heterocycles. The third-order valence-corrected chi connectivity index (χ3v) is 4.36. The number of aromatic nitrogens is 1. The Morgan fingerprint density at radius 1 is 1.29 bits per heavy atom. The van der Waals surface area contributed by atoms with Gasteiger partial charge in [-0.15, -0.1) is 0 Å². The molecule has 0 unspecified atom stereocenters. The fraction of sp³-hybridized carbons (Fsp3) is 0.500. The first-order chi connectivity index (χ1) is 8.26. The Morgan fingerprint density at radius 3 is 2.76 bits per heavy atom. The molecule has 2 fully saturated rings. The molecule has 2 aliphatic carbocycles. The van der Waals surface area contributed by atoms with Crippen molar-refractivity contribution in [1.29, 1.82) is 0 Å². The topological polar surface area (TPSA) is 52.0 Å². The minimum atomic E-state index is -0.0857. The van der Waals surface area contributed by atoms with E-state index in [0.717, 1.165) is 24.1 Å². The Hall–Kier alpha value is -1.35. The molecule has 0 atom stereocenters. The Kier molecular flexibility index (Phi) is 1.76. The molecule has 1 heterocycles. The molecule has 1 aromatic heterocycles. The van der Waals surface area contributed by atoms with Crippen molar-refractivity contribution in [3.63, 3.8) is 0 Å². The fourth-order valence-electron chi connectivity index (χ4n) is 2.67. The van der Waals surface area contributed by atoms with Gasteiger partial charge in [0.2, 0.25) is 0 Å². The van der Waals surface area contributed by atoms with Crippen LogP contribution in [0.5, 0.6) is 0 Å². The van der Waals surface area contributed by atoms with Crippen molar-refractivity contribution in [2.24, 2.45) is 5.73 Å². The molecule has 0 amide bonds. The van der Waals surface area contributed by atoms with E-state index in [0.29, 0.717) is 5.92 Å². The monoisotopic (exact) mass is 228 g/mol. The summed E-state index contributed by atoms with van der Waals surface area (Å²) in [5.74, 6) is 0.620. The average molecular weight is 228 g/mol. The molecule has 2 N–H and O–H groups in total. The van der Waals surface area contributed by atoms with Gasteiger partial charge in [0.1, 0.15) is 0 Å². The Labute approximate surface area is 100.0 Å².